The number of amides is 2. The fraction of sp³-hybridized carbons (Fsp3) is 0.429. The number of fused-ring (bicyclic) bond motifs is 2. The SMILES string of the molecule is COc1ccc([Si](C)(C)[C@@H]2[C@@H](CCO)O[C@]3(C(=O)N(c4ccccc4)c4ccc(NC(=O)[C@H]5O[C@@H](O)[C@H](O)[C@@H](O)[C@@H]5O)cc43)[C@H]2C)cc1. The van der Waals surface area contributed by atoms with Crippen LogP contribution in [0.4, 0.5) is 17.1 Å². The highest BCUT2D eigenvalue weighted by Crippen LogP contribution is 2.61. The van der Waals surface area contributed by atoms with Gasteiger partial charge in [0.1, 0.15) is 24.1 Å². The van der Waals surface area contributed by atoms with Crippen LogP contribution in [0.1, 0.15) is 18.9 Å². The van der Waals surface area contributed by atoms with Crippen LogP contribution in [0.15, 0.2) is 72.8 Å². The lowest BCUT2D eigenvalue weighted by atomic mass is 9.82. The molecule has 13 heteroatoms. The van der Waals surface area contributed by atoms with E-state index in [4.69, 9.17) is 14.2 Å². The summed E-state index contributed by atoms with van der Waals surface area (Å²) >= 11 is 0. The molecular weight excluding hydrogens is 636 g/mol. The molecule has 256 valence electrons. The molecule has 0 saturated carbocycles. The third kappa shape index (κ3) is 5.44. The van der Waals surface area contributed by atoms with Crippen molar-refractivity contribution in [3.8, 4) is 5.75 Å². The van der Waals surface area contributed by atoms with Gasteiger partial charge in [-0.15, -0.1) is 0 Å². The van der Waals surface area contributed by atoms with E-state index in [0.29, 0.717) is 23.4 Å². The van der Waals surface area contributed by atoms with E-state index in [1.54, 1.807) is 30.2 Å². The minimum absolute atomic E-state index is 0.107. The molecule has 1 spiro atoms. The number of aliphatic hydroxyl groups is 5. The number of ether oxygens (including phenoxy) is 3. The molecule has 0 bridgehead atoms. The summed E-state index contributed by atoms with van der Waals surface area (Å²) in [6.07, 6.45) is -9.10. The summed E-state index contributed by atoms with van der Waals surface area (Å²) in [5, 5.41) is 54.4. The number of rotatable bonds is 8. The lowest BCUT2D eigenvalue weighted by Gasteiger charge is -2.37. The van der Waals surface area contributed by atoms with E-state index in [9.17, 15) is 35.1 Å². The summed E-state index contributed by atoms with van der Waals surface area (Å²) < 4.78 is 17.5. The normalized spacial score (nSPS) is 31.6. The fourth-order valence-corrected chi connectivity index (χ4v) is 11.9. The third-order valence-electron chi connectivity index (χ3n) is 10.3. The average molecular weight is 679 g/mol. The van der Waals surface area contributed by atoms with E-state index in [-0.39, 0.29) is 29.7 Å². The van der Waals surface area contributed by atoms with Crippen molar-refractivity contribution in [3.05, 3.63) is 78.4 Å². The predicted molar refractivity (Wildman–Crippen MR) is 179 cm³/mol. The quantitative estimate of drug-likeness (QED) is 0.192. The molecule has 48 heavy (non-hydrogen) atoms. The molecule has 0 aliphatic carbocycles. The van der Waals surface area contributed by atoms with Crippen molar-refractivity contribution >= 4 is 42.1 Å². The minimum Gasteiger partial charge on any atom is -0.497 e. The molecule has 6 N–H and O–H groups in total. The van der Waals surface area contributed by atoms with Crippen LogP contribution in [-0.2, 0) is 24.7 Å². The number of methoxy groups -OCH3 is 1. The molecule has 0 aromatic heterocycles. The second kappa shape index (κ2) is 13.0. The second-order valence-electron chi connectivity index (χ2n) is 13.3. The Balaban J connectivity index is 1.43. The Hall–Kier alpha value is -3.66. The number of anilines is 3. The number of nitrogens with zero attached hydrogens (tertiary/aromatic N) is 1. The first kappa shape index (κ1) is 34.2. The zero-order valence-corrected chi connectivity index (χ0v) is 28.2. The van der Waals surface area contributed by atoms with Crippen LogP contribution in [0, 0.1) is 5.92 Å². The number of carbonyl (C=O) groups excluding carboxylic acids is 2. The van der Waals surface area contributed by atoms with Gasteiger partial charge < -0.3 is 45.1 Å². The van der Waals surface area contributed by atoms with Gasteiger partial charge in [-0.1, -0.05) is 55.5 Å². The first-order chi connectivity index (χ1) is 22.9. The molecule has 9 atom stereocenters. The largest absolute Gasteiger partial charge is 0.497 e. The van der Waals surface area contributed by atoms with Crippen molar-refractivity contribution in [2.24, 2.45) is 5.92 Å². The molecule has 12 nitrogen and oxygen atoms in total. The maximum Gasteiger partial charge on any atom is 0.268 e. The van der Waals surface area contributed by atoms with Crippen molar-refractivity contribution in [1.29, 1.82) is 0 Å². The molecule has 3 aromatic carbocycles. The Morgan fingerprint density at radius 3 is 2.31 bits per heavy atom. The van der Waals surface area contributed by atoms with E-state index in [1.807, 2.05) is 49.4 Å². The minimum atomic E-state index is -2.42. The summed E-state index contributed by atoms with van der Waals surface area (Å²) in [5.41, 5.74) is 0.436. The number of aliphatic hydroxyl groups excluding tert-OH is 5. The van der Waals surface area contributed by atoms with Gasteiger partial charge in [-0.05, 0) is 54.4 Å². The molecule has 3 heterocycles. The molecule has 2 fully saturated rings. The standard InChI is InChI=1S/C35H42N2O10Si/c1-19-31(48(3,4)23-13-11-22(45-2)12-14-23)26(16-17-38)47-35(19)24-18-20(36-32(42)30-28(40)27(39)29(41)33(43)46-30)10-15-25(24)37(34(35)44)21-8-6-5-7-9-21/h5-15,18-19,26-31,33,38-41,43H,16-17H2,1-4H3,(H,36,42)/t19-,26+,27-,28-,29+,30-,31-,33+,35+/m0/s1. The highest BCUT2D eigenvalue weighted by molar-refractivity contribution is 6.91. The van der Waals surface area contributed by atoms with Crippen molar-refractivity contribution in [2.45, 2.75) is 74.4 Å². The van der Waals surface area contributed by atoms with Crippen LogP contribution in [0.2, 0.25) is 18.6 Å². The second-order valence-corrected chi connectivity index (χ2v) is 18.0. The molecule has 3 aliphatic rings. The van der Waals surface area contributed by atoms with Crippen molar-refractivity contribution in [2.75, 3.05) is 23.9 Å². The molecule has 3 aliphatic heterocycles. The van der Waals surface area contributed by atoms with Gasteiger partial charge in [-0.2, -0.15) is 0 Å². The summed E-state index contributed by atoms with van der Waals surface area (Å²) in [6.45, 7) is 6.36. The summed E-state index contributed by atoms with van der Waals surface area (Å²) in [6, 6.07) is 22.2. The topological polar surface area (TPSA) is 178 Å². The molecule has 6 rings (SSSR count). The van der Waals surface area contributed by atoms with Gasteiger partial charge in [0.2, 0.25) is 0 Å². The van der Waals surface area contributed by atoms with Crippen LogP contribution in [0.5, 0.6) is 5.75 Å². The summed E-state index contributed by atoms with van der Waals surface area (Å²) in [5.74, 6) is -0.771. The number of nitrogens with one attached hydrogen (secondary N) is 1. The van der Waals surface area contributed by atoms with E-state index < -0.39 is 56.4 Å². The Morgan fingerprint density at radius 2 is 1.67 bits per heavy atom. The zero-order chi connectivity index (χ0) is 34.5. The van der Waals surface area contributed by atoms with Crippen molar-refractivity contribution in [3.63, 3.8) is 0 Å². The van der Waals surface area contributed by atoms with Gasteiger partial charge in [0.25, 0.3) is 11.8 Å². The van der Waals surface area contributed by atoms with Crippen LogP contribution in [0.25, 0.3) is 0 Å². The molecule has 0 unspecified atom stereocenters. The molecular formula is C35H42N2O10Si. The lowest BCUT2D eigenvalue weighted by Crippen LogP contribution is -2.60. The Bertz CT molecular complexity index is 1660. The van der Waals surface area contributed by atoms with Gasteiger partial charge in [0.15, 0.2) is 18.0 Å². The molecule has 2 saturated heterocycles. The number of carbonyl (C=O) groups is 2. The van der Waals surface area contributed by atoms with Crippen LogP contribution in [-0.4, -0.2) is 95.9 Å². The van der Waals surface area contributed by atoms with Crippen molar-refractivity contribution in [1.82, 2.24) is 0 Å². The highest BCUT2D eigenvalue weighted by Gasteiger charge is 2.66. The number of para-hydroxylation sites is 1. The zero-order valence-electron chi connectivity index (χ0n) is 27.2. The van der Waals surface area contributed by atoms with Crippen molar-refractivity contribution < 1.29 is 49.3 Å². The van der Waals surface area contributed by atoms with Gasteiger partial charge in [-0.3, -0.25) is 14.5 Å². The number of hydrogen-bond acceptors (Lipinski definition) is 10. The first-order valence-electron chi connectivity index (χ1n) is 16.0. The monoisotopic (exact) mass is 678 g/mol. The Kier molecular flexibility index (Phi) is 9.26. The number of hydrogen-bond donors (Lipinski definition) is 6. The first-order valence-corrected chi connectivity index (χ1v) is 19.1. The third-order valence-corrected chi connectivity index (χ3v) is 14.6. The smallest absolute Gasteiger partial charge is 0.268 e. The molecule has 0 radical (unpaired) electrons. The van der Waals surface area contributed by atoms with E-state index in [0.717, 1.165) is 10.9 Å². The van der Waals surface area contributed by atoms with Crippen LogP contribution >= 0.6 is 0 Å². The fourth-order valence-electron chi connectivity index (χ4n) is 7.84. The Labute approximate surface area is 279 Å². The maximum atomic E-state index is 14.9. The van der Waals surface area contributed by atoms with Gasteiger partial charge in [0.05, 0.1) is 27.0 Å². The van der Waals surface area contributed by atoms with Gasteiger partial charge in [0, 0.05) is 29.5 Å². The highest BCUT2D eigenvalue weighted by atomic mass is 28.3. The molecule has 2 amide bonds. The average Bonchev–Trinajstić information content (AvgIpc) is 3.52. The van der Waals surface area contributed by atoms with Crippen LogP contribution < -0.4 is 20.1 Å². The van der Waals surface area contributed by atoms with Gasteiger partial charge >= 0.3 is 0 Å². The van der Waals surface area contributed by atoms with E-state index in [1.165, 1.54) is 0 Å². The predicted octanol–water partition coefficient (Wildman–Crippen LogP) is 1.71. The molecule has 3 aromatic rings. The van der Waals surface area contributed by atoms with Crippen LogP contribution in [0.3, 0.4) is 0 Å². The lowest BCUT2D eigenvalue weighted by molar-refractivity contribution is -0.274. The maximum absolute atomic E-state index is 14.9. The van der Waals surface area contributed by atoms with E-state index >= 15 is 0 Å². The van der Waals surface area contributed by atoms with Gasteiger partial charge in [-0.25, -0.2) is 0 Å². The Morgan fingerprint density at radius 1 is 0.979 bits per heavy atom. The summed E-state index contributed by atoms with van der Waals surface area (Å²) in [4.78, 5) is 29.8. The van der Waals surface area contributed by atoms with E-state index in [2.05, 4.69) is 30.5 Å². The number of benzene rings is 3. The summed E-state index contributed by atoms with van der Waals surface area (Å²) in [7, 11) is -0.808.